The number of nitrogen functional groups attached to an aromatic ring is 1. The van der Waals surface area contributed by atoms with Crippen molar-refractivity contribution >= 4 is 27.4 Å². The molecule has 0 bridgehead atoms. The summed E-state index contributed by atoms with van der Waals surface area (Å²) in [4.78, 5) is 4.39. The van der Waals surface area contributed by atoms with Gasteiger partial charge in [0.25, 0.3) is 0 Å². The van der Waals surface area contributed by atoms with Crippen molar-refractivity contribution in [3.8, 4) is 0 Å². The van der Waals surface area contributed by atoms with E-state index in [4.69, 9.17) is 5.73 Å². The van der Waals surface area contributed by atoms with Gasteiger partial charge in [0.1, 0.15) is 5.82 Å². The van der Waals surface area contributed by atoms with Gasteiger partial charge in [-0.3, -0.25) is 0 Å². The lowest BCUT2D eigenvalue weighted by Crippen LogP contribution is -2.19. The predicted octanol–water partition coefficient (Wildman–Crippen LogP) is 3.58. The number of rotatable bonds is 5. The zero-order valence-electron chi connectivity index (χ0n) is 10.7. The van der Waals surface area contributed by atoms with Crippen molar-refractivity contribution in [3.05, 3.63) is 16.2 Å². The maximum absolute atomic E-state index is 5.84. The molecule has 2 aliphatic carbocycles. The zero-order chi connectivity index (χ0) is 12.7. The van der Waals surface area contributed by atoms with E-state index in [0.29, 0.717) is 0 Å². The average molecular weight is 310 g/mol. The summed E-state index contributed by atoms with van der Waals surface area (Å²) in [5.74, 6) is 3.74. The van der Waals surface area contributed by atoms with Crippen LogP contribution in [-0.2, 0) is 0 Å². The third kappa shape index (κ3) is 2.48. The smallest absolute Gasteiger partial charge is 0.140 e. The third-order valence-electron chi connectivity index (χ3n) is 4.26. The monoisotopic (exact) mass is 309 g/mol. The fourth-order valence-electron chi connectivity index (χ4n) is 2.70. The molecule has 3 N–H and O–H groups in total. The maximum Gasteiger partial charge on any atom is 0.140 e. The van der Waals surface area contributed by atoms with Crippen molar-refractivity contribution in [3.63, 3.8) is 0 Å². The van der Waals surface area contributed by atoms with Gasteiger partial charge in [0.15, 0.2) is 0 Å². The summed E-state index contributed by atoms with van der Waals surface area (Å²) < 4.78 is 1.01. The molecule has 0 aromatic carbocycles. The van der Waals surface area contributed by atoms with Crippen LogP contribution in [0.25, 0.3) is 0 Å². The Labute approximate surface area is 117 Å². The Morgan fingerprint density at radius 2 is 2.00 bits per heavy atom. The lowest BCUT2D eigenvalue weighted by Gasteiger charge is -2.18. The summed E-state index contributed by atoms with van der Waals surface area (Å²) in [7, 11) is 0. The summed E-state index contributed by atoms with van der Waals surface area (Å²) >= 11 is 3.58. The van der Waals surface area contributed by atoms with Gasteiger partial charge in [-0.15, -0.1) is 0 Å². The number of hydrogen-bond donors (Lipinski definition) is 2. The molecule has 2 saturated carbocycles. The fourth-order valence-corrected chi connectivity index (χ4v) is 3.17. The second-order valence-electron chi connectivity index (χ2n) is 5.72. The van der Waals surface area contributed by atoms with Crippen LogP contribution in [0.15, 0.2) is 10.7 Å². The van der Waals surface area contributed by atoms with Gasteiger partial charge in [0.2, 0.25) is 0 Å². The predicted molar refractivity (Wildman–Crippen MR) is 78.5 cm³/mol. The van der Waals surface area contributed by atoms with E-state index >= 15 is 0 Å². The van der Waals surface area contributed by atoms with Gasteiger partial charge in [-0.05, 0) is 71.9 Å². The molecule has 1 heterocycles. The number of aromatic nitrogens is 1. The summed E-state index contributed by atoms with van der Waals surface area (Å²) in [5, 5.41) is 3.51. The van der Waals surface area contributed by atoms with Crippen LogP contribution in [0.2, 0.25) is 0 Å². The van der Waals surface area contributed by atoms with Crippen LogP contribution in [0.4, 0.5) is 11.5 Å². The Morgan fingerprint density at radius 3 is 2.56 bits per heavy atom. The largest absolute Gasteiger partial charge is 0.397 e. The first kappa shape index (κ1) is 12.3. The molecule has 0 spiro atoms. The number of halogens is 1. The Hall–Kier alpha value is -0.770. The zero-order valence-corrected chi connectivity index (χ0v) is 12.3. The molecule has 0 aliphatic heterocycles. The van der Waals surface area contributed by atoms with E-state index in [1.165, 1.54) is 25.7 Å². The van der Waals surface area contributed by atoms with E-state index in [2.05, 4.69) is 26.2 Å². The number of nitrogens with zero attached hydrogens (tertiary/aromatic N) is 1. The number of hydrogen-bond acceptors (Lipinski definition) is 3. The summed E-state index contributed by atoms with van der Waals surface area (Å²) in [6.45, 7) is 3.08. The molecular weight excluding hydrogens is 290 g/mol. The standard InChI is InChI=1S/C14H20BrN3/c1-8-12(16)7-18-14(13(8)15)17-6-11(9-2-3-9)10-4-5-10/h7,9-11H,2-6,16H2,1H3,(H,17,18). The molecule has 2 fully saturated rings. The summed E-state index contributed by atoms with van der Waals surface area (Å²) in [5.41, 5.74) is 7.66. The van der Waals surface area contributed by atoms with E-state index < -0.39 is 0 Å². The van der Waals surface area contributed by atoms with Crippen LogP contribution in [0.5, 0.6) is 0 Å². The topological polar surface area (TPSA) is 50.9 Å². The molecule has 3 nitrogen and oxygen atoms in total. The highest BCUT2D eigenvalue weighted by Gasteiger charge is 2.41. The molecule has 3 rings (SSSR count). The number of anilines is 2. The van der Waals surface area contributed by atoms with Crippen molar-refractivity contribution in [1.82, 2.24) is 4.98 Å². The molecular formula is C14H20BrN3. The van der Waals surface area contributed by atoms with Crippen molar-refractivity contribution in [2.75, 3.05) is 17.6 Å². The quantitative estimate of drug-likeness (QED) is 0.874. The van der Waals surface area contributed by atoms with Gasteiger partial charge in [0.05, 0.1) is 16.4 Å². The second-order valence-corrected chi connectivity index (χ2v) is 6.51. The highest BCUT2D eigenvalue weighted by molar-refractivity contribution is 9.10. The van der Waals surface area contributed by atoms with Crippen LogP contribution in [0.3, 0.4) is 0 Å². The minimum atomic E-state index is 0.744. The Kier molecular flexibility index (Phi) is 3.22. The van der Waals surface area contributed by atoms with Crippen LogP contribution >= 0.6 is 15.9 Å². The number of nitrogens with two attached hydrogens (primary N) is 1. The molecule has 0 amide bonds. The molecule has 98 valence electrons. The Balaban J connectivity index is 1.67. The molecule has 0 unspecified atom stereocenters. The van der Waals surface area contributed by atoms with Crippen LogP contribution in [0.1, 0.15) is 31.2 Å². The first-order valence-corrected chi connectivity index (χ1v) is 7.60. The normalized spacial score (nSPS) is 19.3. The first-order valence-electron chi connectivity index (χ1n) is 6.81. The molecule has 0 radical (unpaired) electrons. The van der Waals surface area contributed by atoms with Gasteiger partial charge in [0, 0.05) is 6.54 Å². The van der Waals surface area contributed by atoms with E-state index in [9.17, 15) is 0 Å². The molecule has 0 atom stereocenters. The molecule has 2 aliphatic rings. The molecule has 4 heteroatoms. The van der Waals surface area contributed by atoms with Crippen LogP contribution in [0, 0.1) is 24.7 Å². The first-order chi connectivity index (χ1) is 8.66. The molecule has 18 heavy (non-hydrogen) atoms. The summed E-state index contributed by atoms with van der Waals surface area (Å²) in [6, 6.07) is 0. The van der Waals surface area contributed by atoms with Crippen LogP contribution in [-0.4, -0.2) is 11.5 Å². The van der Waals surface area contributed by atoms with Gasteiger partial charge in [-0.1, -0.05) is 0 Å². The lowest BCUT2D eigenvalue weighted by molar-refractivity contribution is 0.427. The molecule has 1 aromatic rings. The minimum Gasteiger partial charge on any atom is -0.397 e. The van der Waals surface area contributed by atoms with Crippen molar-refractivity contribution in [2.24, 2.45) is 17.8 Å². The van der Waals surface area contributed by atoms with Crippen LogP contribution < -0.4 is 11.1 Å². The fraction of sp³-hybridized carbons (Fsp3) is 0.643. The summed E-state index contributed by atoms with van der Waals surface area (Å²) in [6.07, 6.45) is 7.46. The Bertz CT molecular complexity index is 441. The minimum absolute atomic E-state index is 0.744. The SMILES string of the molecule is Cc1c(N)cnc(NCC(C2CC2)C2CC2)c1Br. The Morgan fingerprint density at radius 1 is 1.39 bits per heavy atom. The van der Waals surface area contributed by atoms with Gasteiger partial charge in [-0.25, -0.2) is 4.98 Å². The van der Waals surface area contributed by atoms with Gasteiger partial charge in [-0.2, -0.15) is 0 Å². The number of pyridine rings is 1. The maximum atomic E-state index is 5.84. The van der Waals surface area contributed by atoms with E-state index in [-0.39, 0.29) is 0 Å². The number of nitrogens with one attached hydrogen (secondary N) is 1. The van der Waals surface area contributed by atoms with E-state index in [0.717, 1.165) is 45.8 Å². The molecule has 1 aromatic heterocycles. The van der Waals surface area contributed by atoms with E-state index in [1.54, 1.807) is 6.20 Å². The second kappa shape index (κ2) is 4.72. The van der Waals surface area contributed by atoms with Crippen molar-refractivity contribution < 1.29 is 0 Å². The van der Waals surface area contributed by atoms with Gasteiger partial charge >= 0.3 is 0 Å². The molecule has 0 saturated heterocycles. The average Bonchev–Trinajstić information content (AvgIpc) is 3.22. The van der Waals surface area contributed by atoms with E-state index in [1.807, 2.05) is 6.92 Å². The van der Waals surface area contributed by atoms with Crippen molar-refractivity contribution in [1.29, 1.82) is 0 Å². The third-order valence-corrected chi connectivity index (χ3v) is 5.23. The highest BCUT2D eigenvalue weighted by atomic mass is 79.9. The lowest BCUT2D eigenvalue weighted by atomic mass is 9.98. The highest BCUT2D eigenvalue weighted by Crippen LogP contribution is 2.49. The van der Waals surface area contributed by atoms with Gasteiger partial charge < -0.3 is 11.1 Å². The van der Waals surface area contributed by atoms with Crippen molar-refractivity contribution in [2.45, 2.75) is 32.6 Å².